The number of nitrogens with one attached hydrogen (secondary N) is 3. The molecule has 1 unspecified atom stereocenters. The monoisotopic (exact) mass is 474 g/mol. The summed E-state index contributed by atoms with van der Waals surface area (Å²) in [5, 5.41) is 10.3. The Kier molecular flexibility index (Phi) is 7.48. The van der Waals surface area contributed by atoms with Gasteiger partial charge in [0.05, 0.1) is 6.04 Å². The third-order valence-corrected chi connectivity index (χ3v) is 6.97. The molecule has 1 aliphatic carbocycles. The molecule has 34 heavy (non-hydrogen) atoms. The molecule has 1 fully saturated rings. The summed E-state index contributed by atoms with van der Waals surface area (Å²) in [5.74, 6) is 1.38. The summed E-state index contributed by atoms with van der Waals surface area (Å²) in [6.45, 7) is 3.33. The SMILES string of the molecule is CNC1(C)CC(=NC2CCC(CNCc3ccccc3OC(F)(F)F)CC2)Nc2ccccc21. The number of nitrogens with zero attached hydrogens (tertiary/aromatic N) is 1. The number of anilines is 1. The molecule has 1 atom stereocenters. The van der Waals surface area contributed by atoms with Crippen molar-refractivity contribution in [3.63, 3.8) is 0 Å². The predicted octanol–water partition coefficient (Wildman–Crippen LogP) is 5.58. The maximum absolute atomic E-state index is 12.6. The van der Waals surface area contributed by atoms with Gasteiger partial charge in [0.1, 0.15) is 11.6 Å². The van der Waals surface area contributed by atoms with E-state index in [1.54, 1.807) is 18.2 Å². The van der Waals surface area contributed by atoms with Gasteiger partial charge in [-0.25, -0.2) is 0 Å². The number of amidine groups is 1. The van der Waals surface area contributed by atoms with Crippen molar-refractivity contribution >= 4 is 11.5 Å². The molecule has 1 heterocycles. The third kappa shape index (κ3) is 6.10. The molecular weight excluding hydrogens is 441 g/mol. The van der Waals surface area contributed by atoms with Gasteiger partial charge in [-0.05, 0) is 69.8 Å². The molecule has 5 nitrogen and oxygen atoms in total. The van der Waals surface area contributed by atoms with Crippen molar-refractivity contribution < 1.29 is 17.9 Å². The number of fused-ring (bicyclic) bond motifs is 1. The normalized spacial score (nSPS) is 26.1. The van der Waals surface area contributed by atoms with Crippen molar-refractivity contribution in [3.8, 4) is 5.75 Å². The van der Waals surface area contributed by atoms with Crippen LogP contribution >= 0.6 is 0 Å². The lowest BCUT2D eigenvalue weighted by Crippen LogP contribution is -2.44. The second kappa shape index (κ2) is 10.4. The Balaban J connectivity index is 1.28. The Hall–Kier alpha value is -2.58. The summed E-state index contributed by atoms with van der Waals surface area (Å²) >= 11 is 0. The van der Waals surface area contributed by atoms with Gasteiger partial charge in [-0.3, -0.25) is 4.99 Å². The minimum absolute atomic E-state index is 0.142. The first-order valence-corrected chi connectivity index (χ1v) is 11.9. The third-order valence-electron chi connectivity index (χ3n) is 6.97. The zero-order chi connectivity index (χ0) is 24.2. The van der Waals surface area contributed by atoms with Gasteiger partial charge in [-0.2, -0.15) is 0 Å². The average Bonchev–Trinajstić information content (AvgIpc) is 2.80. The maximum atomic E-state index is 12.6. The lowest BCUT2D eigenvalue weighted by Gasteiger charge is -2.37. The molecule has 0 spiro atoms. The molecule has 0 bridgehead atoms. The number of benzene rings is 2. The standard InChI is InChI=1S/C26H33F3N4O/c1-25(30-2)15-24(33-22-9-5-4-8-21(22)25)32-20-13-11-18(12-14-20)16-31-17-19-7-3-6-10-23(19)34-26(27,28)29/h3-10,18,20,30-31H,11-17H2,1-2H3,(H,32,33). The van der Waals surface area contributed by atoms with E-state index in [0.29, 0.717) is 24.1 Å². The zero-order valence-electron chi connectivity index (χ0n) is 19.7. The van der Waals surface area contributed by atoms with Gasteiger partial charge in [0, 0.05) is 29.8 Å². The Bertz CT molecular complexity index is 1000. The van der Waals surface area contributed by atoms with Crippen molar-refractivity contribution in [1.29, 1.82) is 0 Å². The molecule has 1 aliphatic heterocycles. The summed E-state index contributed by atoms with van der Waals surface area (Å²) in [5.41, 5.74) is 2.73. The lowest BCUT2D eigenvalue weighted by atomic mass is 9.83. The first kappa shape index (κ1) is 24.5. The van der Waals surface area contributed by atoms with Crippen LogP contribution in [-0.4, -0.2) is 31.8 Å². The van der Waals surface area contributed by atoms with Crippen LogP contribution in [0.4, 0.5) is 18.9 Å². The second-order valence-corrected chi connectivity index (χ2v) is 9.47. The summed E-state index contributed by atoms with van der Waals surface area (Å²) in [7, 11) is 1.99. The van der Waals surface area contributed by atoms with Crippen molar-refractivity contribution in [1.82, 2.24) is 10.6 Å². The Morgan fingerprint density at radius 2 is 1.76 bits per heavy atom. The van der Waals surface area contributed by atoms with Crippen molar-refractivity contribution in [3.05, 3.63) is 59.7 Å². The zero-order valence-corrected chi connectivity index (χ0v) is 19.7. The average molecular weight is 475 g/mol. The highest BCUT2D eigenvalue weighted by molar-refractivity contribution is 5.99. The van der Waals surface area contributed by atoms with E-state index in [0.717, 1.165) is 50.2 Å². The molecule has 2 aromatic carbocycles. The Labute approximate surface area is 199 Å². The van der Waals surface area contributed by atoms with E-state index in [-0.39, 0.29) is 11.3 Å². The van der Waals surface area contributed by atoms with Gasteiger partial charge in [0.25, 0.3) is 0 Å². The van der Waals surface area contributed by atoms with E-state index in [2.05, 4.69) is 45.8 Å². The minimum atomic E-state index is -4.68. The molecule has 184 valence electrons. The lowest BCUT2D eigenvalue weighted by molar-refractivity contribution is -0.274. The molecule has 0 saturated heterocycles. The number of para-hydroxylation sites is 2. The first-order valence-electron chi connectivity index (χ1n) is 11.9. The summed E-state index contributed by atoms with van der Waals surface area (Å²) in [6, 6.07) is 14.9. The predicted molar refractivity (Wildman–Crippen MR) is 129 cm³/mol. The number of hydrogen-bond acceptors (Lipinski definition) is 4. The number of ether oxygens (including phenoxy) is 1. The van der Waals surface area contributed by atoms with Gasteiger partial charge in [0.2, 0.25) is 0 Å². The van der Waals surface area contributed by atoms with E-state index >= 15 is 0 Å². The molecular formula is C26H33F3N4O. The van der Waals surface area contributed by atoms with Crippen LogP contribution in [-0.2, 0) is 12.1 Å². The topological polar surface area (TPSA) is 57.7 Å². The van der Waals surface area contributed by atoms with Crippen molar-refractivity contribution in [2.45, 2.75) is 63.5 Å². The number of halogens is 3. The number of aliphatic imine (C=N–C) groups is 1. The quantitative estimate of drug-likeness (QED) is 0.490. The molecule has 0 amide bonds. The van der Waals surface area contributed by atoms with E-state index in [9.17, 15) is 13.2 Å². The molecule has 3 N–H and O–H groups in total. The second-order valence-electron chi connectivity index (χ2n) is 9.47. The van der Waals surface area contributed by atoms with Gasteiger partial charge in [-0.1, -0.05) is 36.4 Å². The van der Waals surface area contributed by atoms with Crippen molar-refractivity contribution in [2.24, 2.45) is 10.9 Å². The van der Waals surface area contributed by atoms with Crippen LogP contribution in [0.1, 0.15) is 50.2 Å². The molecule has 8 heteroatoms. The molecule has 2 aromatic rings. The smallest absolute Gasteiger partial charge is 0.405 e. The summed E-state index contributed by atoms with van der Waals surface area (Å²) < 4.78 is 42.0. The highest BCUT2D eigenvalue weighted by Gasteiger charge is 2.34. The fourth-order valence-corrected chi connectivity index (χ4v) is 4.99. The molecule has 1 saturated carbocycles. The number of rotatable bonds is 7. The highest BCUT2D eigenvalue weighted by atomic mass is 19.4. The van der Waals surface area contributed by atoms with Crippen LogP contribution in [0, 0.1) is 5.92 Å². The van der Waals surface area contributed by atoms with Crippen molar-refractivity contribution in [2.75, 3.05) is 18.9 Å². The van der Waals surface area contributed by atoms with Gasteiger partial charge in [0.15, 0.2) is 0 Å². The van der Waals surface area contributed by atoms with Gasteiger partial charge >= 0.3 is 6.36 Å². The molecule has 2 aliphatic rings. The fraction of sp³-hybridized carbons (Fsp3) is 0.500. The van der Waals surface area contributed by atoms with Gasteiger partial charge < -0.3 is 20.7 Å². The maximum Gasteiger partial charge on any atom is 0.573 e. The van der Waals surface area contributed by atoms with E-state index in [1.807, 2.05) is 13.1 Å². The summed E-state index contributed by atoms with van der Waals surface area (Å²) in [4.78, 5) is 5.07. The minimum Gasteiger partial charge on any atom is -0.405 e. The van der Waals surface area contributed by atoms with Gasteiger partial charge in [-0.15, -0.1) is 13.2 Å². The van der Waals surface area contributed by atoms with E-state index < -0.39 is 6.36 Å². The number of alkyl halides is 3. The fourth-order valence-electron chi connectivity index (χ4n) is 4.99. The molecule has 0 radical (unpaired) electrons. The number of hydrogen-bond donors (Lipinski definition) is 3. The van der Waals surface area contributed by atoms with Crippen LogP contribution in [0.3, 0.4) is 0 Å². The highest BCUT2D eigenvalue weighted by Crippen LogP contribution is 2.36. The molecule has 4 rings (SSSR count). The summed E-state index contributed by atoms with van der Waals surface area (Å²) in [6.07, 6.45) is 0.272. The van der Waals surface area contributed by atoms with Crippen LogP contribution in [0.5, 0.6) is 5.75 Å². The van der Waals surface area contributed by atoms with Crippen LogP contribution in [0.2, 0.25) is 0 Å². The Morgan fingerprint density at radius 3 is 2.50 bits per heavy atom. The van der Waals surface area contributed by atoms with Crippen LogP contribution < -0.4 is 20.7 Å². The van der Waals surface area contributed by atoms with E-state index in [4.69, 9.17) is 4.99 Å². The Morgan fingerprint density at radius 1 is 1.06 bits per heavy atom. The first-order chi connectivity index (χ1) is 16.3. The largest absolute Gasteiger partial charge is 0.573 e. The molecule has 0 aromatic heterocycles. The van der Waals surface area contributed by atoms with Crippen LogP contribution in [0.15, 0.2) is 53.5 Å². The van der Waals surface area contributed by atoms with Crippen LogP contribution in [0.25, 0.3) is 0 Å². The van der Waals surface area contributed by atoms with E-state index in [1.165, 1.54) is 11.6 Å².